The van der Waals surface area contributed by atoms with Gasteiger partial charge in [0.1, 0.15) is 5.69 Å². The van der Waals surface area contributed by atoms with Crippen LogP contribution in [0.25, 0.3) is 0 Å². The highest BCUT2D eigenvalue weighted by Gasteiger charge is 2.18. The van der Waals surface area contributed by atoms with Crippen LogP contribution in [-0.2, 0) is 6.42 Å². The lowest BCUT2D eigenvalue weighted by atomic mass is 10.1. The van der Waals surface area contributed by atoms with Gasteiger partial charge in [-0.1, -0.05) is 30.3 Å². The Morgan fingerprint density at radius 3 is 2.43 bits per heavy atom. The third-order valence-corrected chi connectivity index (χ3v) is 3.07. The van der Waals surface area contributed by atoms with Gasteiger partial charge < -0.3 is 0 Å². The van der Waals surface area contributed by atoms with Gasteiger partial charge in [-0.05, 0) is 24.5 Å². The zero-order valence-corrected chi connectivity index (χ0v) is 12.1. The van der Waals surface area contributed by atoms with Crippen molar-refractivity contribution in [3.8, 4) is 0 Å². The van der Waals surface area contributed by atoms with Gasteiger partial charge in [0.2, 0.25) is 0 Å². The second-order valence-corrected chi connectivity index (χ2v) is 4.66. The molecular formula is C15H14N4O4. The second kappa shape index (κ2) is 7.64. The molecule has 0 radical (unpaired) electrons. The fraction of sp³-hybridized carbons (Fsp3) is 0.133. The summed E-state index contributed by atoms with van der Waals surface area (Å²) in [5.41, 5.74) is 3.10. The Labute approximate surface area is 131 Å². The normalized spacial score (nSPS) is 10.6. The molecule has 8 nitrogen and oxygen atoms in total. The molecular weight excluding hydrogens is 300 g/mol. The number of nitrogens with zero attached hydrogens (tertiary/aromatic N) is 3. The van der Waals surface area contributed by atoms with E-state index in [2.05, 4.69) is 10.5 Å². The van der Waals surface area contributed by atoms with Gasteiger partial charge in [-0.15, -0.1) is 0 Å². The lowest BCUT2D eigenvalue weighted by Crippen LogP contribution is -1.98. The van der Waals surface area contributed by atoms with Gasteiger partial charge in [0.15, 0.2) is 0 Å². The molecule has 8 heteroatoms. The summed E-state index contributed by atoms with van der Waals surface area (Å²) in [6, 6.07) is 13.2. The van der Waals surface area contributed by atoms with Crippen LogP contribution in [0, 0.1) is 20.2 Å². The number of nitrogens with one attached hydrogen (secondary N) is 1. The fourth-order valence-electron chi connectivity index (χ4n) is 1.93. The van der Waals surface area contributed by atoms with Crippen molar-refractivity contribution in [2.75, 3.05) is 5.43 Å². The molecule has 0 saturated carbocycles. The Hall–Kier alpha value is -3.29. The predicted molar refractivity (Wildman–Crippen MR) is 86.6 cm³/mol. The number of hydrogen-bond donors (Lipinski definition) is 1. The molecule has 23 heavy (non-hydrogen) atoms. The van der Waals surface area contributed by atoms with Gasteiger partial charge in [0, 0.05) is 12.3 Å². The summed E-state index contributed by atoms with van der Waals surface area (Å²) < 4.78 is 0. The summed E-state index contributed by atoms with van der Waals surface area (Å²) in [6.07, 6.45) is 3.07. The number of anilines is 1. The van der Waals surface area contributed by atoms with E-state index >= 15 is 0 Å². The van der Waals surface area contributed by atoms with Crippen LogP contribution in [-0.4, -0.2) is 16.1 Å². The minimum atomic E-state index is -0.686. The van der Waals surface area contributed by atoms with Crippen molar-refractivity contribution in [2.24, 2.45) is 5.10 Å². The Morgan fingerprint density at radius 1 is 1.04 bits per heavy atom. The van der Waals surface area contributed by atoms with Crippen LogP contribution in [0.2, 0.25) is 0 Å². The number of hydrazone groups is 1. The average Bonchev–Trinajstić information content (AvgIpc) is 2.55. The maximum atomic E-state index is 11.0. The van der Waals surface area contributed by atoms with Crippen LogP contribution < -0.4 is 5.43 Å². The summed E-state index contributed by atoms with van der Waals surface area (Å²) in [7, 11) is 0. The molecule has 1 N–H and O–H groups in total. The number of aryl methyl sites for hydroxylation is 1. The van der Waals surface area contributed by atoms with Gasteiger partial charge in [-0.25, -0.2) is 0 Å². The van der Waals surface area contributed by atoms with Gasteiger partial charge in [-0.2, -0.15) is 5.10 Å². The minimum Gasteiger partial charge on any atom is -0.272 e. The van der Waals surface area contributed by atoms with E-state index in [9.17, 15) is 20.2 Å². The van der Waals surface area contributed by atoms with Gasteiger partial charge in [0.05, 0.1) is 15.9 Å². The first kappa shape index (κ1) is 16.1. The highest BCUT2D eigenvalue weighted by molar-refractivity contribution is 5.67. The standard InChI is InChI=1S/C15H14N4O4/c20-18(21)13-8-9-14(15(11-13)19(22)23)17-16-10-4-7-12-5-2-1-3-6-12/h1-3,5-6,8-11,17H,4,7H2/b16-10+. The van der Waals surface area contributed by atoms with Crippen LogP contribution in [0.5, 0.6) is 0 Å². The Kier molecular flexibility index (Phi) is 5.35. The Bertz CT molecular complexity index is 732. The fourth-order valence-corrected chi connectivity index (χ4v) is 1.93. The number of nitro groups is 2. The third kappa shape index (κ3) is 4.60. The first-order valence-electron chi connectivity index (χ1n) is 6.82. The highest BCUT2D eigenvalue weighted by atomic mass is 16.6. The van der Waals surface area contributed by atoms with Crippen molar-refractivity contribution in [2.45, 2.75) is 12.8 Å². The molecule has 0 spiro atoms. The SMILES string of the molecule is O=[N+]([O-])c1ccc(N/N=C/CCc2ccccc2)c([N+](=O)[O-])c1. The van der Waals surface area contributed by atoms with E-state index in [4.69, 9.17) is 0 Å². The molecule has 0 aliphatic rings. The smallest absolute Gasteiger partial charge is 0.272 e. The lowest BCUT2D eigenvalue weighted by molar-refractivity contribution is -0.393. The minimum absolute atomic E-state index is 0.108. The largest absolute Gasteiger partial charge is 0.301 e. The van der Waals surface area contributed by atoms with Crippen molar-refractivity contribution in [1.29, 1.82) is 0 Å². The van der Waals surface area contributed by atoms with E-state index in [-0.39, 0.29) is 17.1 Å². The van der Waals surface area contributed by atoms with E-state index in [1.807, 2.05) is 30.3 Å². The van der Waals surface area contributed by atoms with E-state index < -0.39 is 9.85 Å². The summed E-state index contributed by atoms with van der Waals surface area (Å²) in [5, 5.41) is 25.5. The van der Waals surface area contributed by atoms with Crippen LogP contribution >= 0.6 is 0 Å². The Balaban J connectivity index is 1.98. The van der Waals surface area contributed by atoms with Crippen molar-refractivity contribution in [3.05, 3.63) is 74.3 Å². The monoisotopic (exact) mass is 314 g/mol. The average molecular weight is 314 g/mol. The molecule has 2 aromatic carbocycles. The number of nitro benzene ring substituents is 2. The first-order chi connectivity index (χ1) is 11.1. The second-order valence-electron chi connectivity index (χ2n) is 4.66. The number of rotatable bonds is 7. The summed E-state index contributed by atoms with van der Waals surface area (Å²) in [5.74, 6) is 0. The zero-order chi connectivity index (χ0) is 16.7. The van der Waals surface area contributed by atoms with E-state index in [0.29, 0.717) is 6.42 Å². The molecule has 118 valence electrons. The number of non-ortho nitro benzene ring substituents is 1. The maximum absolute atomic E-state index is 11.0. The van der Waals surface area contributed by atoms with Crippen molar-refractivity contribution < 1.29 is 9.85 Å². The number of benzene rings is 2. The quantitative estimate of drug-likeness (QED) is 0.477. The summed E-state index contributed by atoms with van der Waals surface area (Å²) >= 11 is 0. The molecule has 0 aromatic heterocycles. The highest BCUT2D eigenvalue weighted by Crippen LogP contribution is 2.28. The number of hydrogen-bond acceptors (Lipinski definition) is 6. The van der Waals surface area contributed by atoms with Gasteiger partial charge in [-0.3, -0.25) is 25.7 Å². The molecule has 0 bridgehead atoms. The van der Waals surface area contributed by atoms with Gasteiger partial charge >= 0.3 is 5.69 Å². The molecule has 0 aliphatic carbocycles. The predicted octanol–water partition coefficient (Wildman–Crippen LogP) is 3.53. The van der Waals surface area contributed by atoms with Crippen LogP contribution in [0.4, 0.5) is 17.1 Å². The lowest BCUT2D eigenvalue weighted by Gasteiger charge is -2.02. The van der Waals surface area contributed by atoms with E-state index in [1.54, 1.807) is 6.21 Å². The van der Waals surface area contributed by atoms with E-state index in [0.717, 1.165) is 12.5 Å². The van der Waals surface area contributed by atoms with Gasteiger partial charge in [0.25, 0.3) is 5.69 Å². The van der Waals surface area contributed by atoms with Crippen molar-refractivity contribution >= 4 is 23.3 Å². The molecule has 0 aliphatic heterocycles. The molecule has 2 aromatic rings. The molecule has 0 atom stereocenters. The maximum Gasteiger partial charge on any atom is 0.301 e. The first-order valence-corrected chi connectivity index (χ1v) is 6.82. The summed E-state index contributed by atoms with van der Waals surface area (Å²) in [6.45, 7) is 0. The van der Waals surface area contributed by atoms with E-state index in [1.165, 1.54) is 17.7 Å². The zero-order valence-electron chi connectivity index (χ0n) is 12.1. The molecule has 0 unspecified atom stereocenters. The molecule has 0 fully saturated rings. The topological polar surface area (TPSA) is 111 Å². The molecule has 0 amide bonds. The van der Waals surface area contributed by atoms with Crippen LogP contribution in [0.3, 0.4) is 0 Å². The van der Waals surface area contributed by atoms with Crippen molar-refractivity contribution in [3.63, 3.8) is 0 Å². The molecule has 2 rings (SSSR count). The van der Waals surface area contributed by atoms with Crippen molar-refractivity contribution in [1.82, 2.24) is 0 Å². The molecule has 0 saturated heterocycles. The molecule has 0 heterocycles. The third-order valence-electron chi connectivity index (χ3n) is 3.07. The van der Waals surface area contributed by atoms with Crippen LogP contribution in [0.1, 0.15) is 12.0 Å². The summed E-state index contributed by atoms with van der Waals surface area (Å²) in [4.78, 5) is 20.2. The van der Waals surface area contributed by atoms with Crippen LogP contribution in [0.15, 0.2) is 53.6 Å². The Morgan fingerprint density at radius 2 is 1.78 bits per heavy atom.